The van der Waals surface area contributed by atoms with Crippen LogP contribution in [0.1, 0.15) is 30.1 Å². The molecule has 0 saturated carbocycles. The number of methoxy groups -OCH3 is 1. The van der Waals surface area contributed by atoms with Crippen LogP contribution in [0.3, 0.4) is 0 Å². The summed E-state index contributed by atoms with van der Waals surface area (Å²) < 4.78 is 33.5. The van der Waals surface area contributed by atoms with Crippen LogP contribution in [-0.4, -0.2) is 40.2 Å². The van der Waals surface area contributed by atoms with E-state index in [4.69, 9.17) is 14.6 Å². The first kappa shape index (κ1) is 16.7. The van der Waals surface area contributed by atoms with Gasteiger partial charge in [-0.25, -0.2) is 13.6 Å². The summed E-state index contributed by atoms with van der Waals surface area (Å²) in [4.78, 5) is 12.3. The fourth-order valence-corrected chi connectivity index (χ4v) is 2.96. The topological polar surface area (TPSA) is 108 Å². The van der Waals surface area contributed by atoms with Crippen molar-refractivity contribution in [1.29, 1.82) is 0 Å². The van der Waals surface area contributed by atoms with E-state index in [1.807, 2.05) is 6.92 Å². The minimum absolute atomic E-state index is 0.0311. The van der Waals surface area contributed by atoms with Crippen LogP contribution >= 0.6 is 0 Å². The lowest BCUT2D eigenvalue weighted by molar-refractivity contribution is 0.0710. The van der Waals surface area contributed by atoms with Gasteiger partial charge in [0.2, 0.25) is 10.0 Å². The Hall–Kier alpha value is -1.64. The standard InChI is InChI=1S/C14H20N2O5S/c1-9(12-4-3-7-21-12)16-14(17)11-8-10(22(15,18)19)5-6-13(11)20-2/h5-6,8-9,12H,3-4,7H2,1-2H3,(H,16,17)(H2,15,18,19)/t9-,12+/m0/s1. The average Bonchev–Trinajstić information content (AvgIpc) is 2.99. The molecule has 2 atom stereocenters. The summed E-state index contributed by atoms with van der Waals surface area (Å²) in [7, 11) is -2.48. The van der Waals surface area contributed by atoms with Crippen molar-refractivity contribution in [3.8, 4) is 5.75 Å². The van der Waals surface area contributed by atoms with Crippen molar-refractivity contribution in [1.82, 2.24) is 5.32 Å². The maximum absolute atomic E-state index is 12.4. The first-order chi connectivity index (χ1) is 10.3. The van der Waals surface area contributed by atoms with Crippen LogP contribution in [0.25, 0.3) is 0 Å². The largest absolute Gasteiger partial charge is 0.496 e. The van der Waals surface area contributed by atoms with Crippen LogP contribution < -0.4 is 15.2 Å². The second-order valence-electron chi connectivity index (χ2n) is 5.22. The molecule has 0 aromatic heterocycles. The highest BCUT2D eigenvalue weighted by Gasteiger charge is 2.25. The normalized spacial score (nSPS) is 19.7. The molecule has 0 radical (unpaired) electrons. The highest BCUT2D eigenvalue weighted by molar-refractivity contribution is 7.89. The molecule has 1 aliphatic rings. The van der Waals surface area contributed by atoms with E-state index in [0.717, 1.165) is 12.8 Å². The summed E-state index contributed by atoms with van der Waals surface area (Å²) in [6, 6.07) is 3.74. The molecule has 0 unspecified atom stereocenters. The summed E-state index contributed by atoms with van der Waals surface area (Å²) in [5, 5.41) is 7.91. The molecule has 2 rings (SSSR count). The van der Waals surface area contributed by atoms with Crippen molar-refractivity contribution < 1.29 is 22.7 Å². The summed E-state index contributed by atoms with van der Waals surface area (Å²) in [5.74, 6) is -0.144. The van der Waals surface area contributed by atoms with E-state index in [0.29, 0.717) is 6.61 Å². The van der Waals surface area contributed by atoms with Gasteiger partial charge in [0.25, 0.3) is 5.91 Å². The van der Waals surface area contributed by atoms with Crippen LogP contribution in [0.15, 0.2) is 23.1 Å². The third-order valence-corrected chi connectivity index (χ3v) is 4.54. The van der Waals surface area contributed by atoms with Gasteiger partial charge in [-0.1, -0.05) is 0 Å². The fourth-order valence-electron chi connectivity index (χ4n) is 2.42. The number of benzene rings is 1. The fraction of sp³-hybridized carbons (Fsp3) is 0.500. The van der Waals surface area contributed by atoms with Crippen LogP contribution in [0, 0.1) is 0 Å². The number of primary sulfonamides is 1. The summed E-state index contributed by atoms with van der Waals surface area (Å²) >= 11 is 0. The van der Waals surface area contributed by atoms with E-state index in [2.05, 4.69) is 5.32 Å². The first-order valence-corrected chi connectivity index (χ1v) is 8.51. The van der Waals surface area contributed by atoms with Crippen LogP contribution in [0.2, 0.25) is 0 Å². The Morgan fingerprint density at radius 3 is 2.77 bits per heavy atom. The molecule has 1 saturated heterocycles. The van der Waals surface area contributed by atoms with E-state index in [9.17, 15) is 13.2 Å². The average molecular weight is 328 g/mol. The van der Waals surface area contributed by atoms with E-state index in [-0.39, 0.29) is 28.4 Å². The number of carbonyl (C=O) groups is 1. The van der Waals surface area contributed by atoms with Gasteiger partial charge in [-0.2, -0.15) is 0 Å². The molecule has 0 spiro atoms. The molecular weight excluding hydrogens is 308 g/mol. The maximum atomic E-state index is 12.4. The zero-order chi connectivity index (χ0) is 16.3. The van der Waals surface area contributed by atoms with Gasteiger partial charge in [0, 0.05) is 6.61 Å². The Morgan fingerprint density at radius 2 is 2.23 bits per heavy atom. The number of sulfonamides is 1. The highest BCUT2D eigenvalue weighted by Crippen LogP contribution is 2.23. The second-order valence-corrected chi connectivity index (χ2v) is 6.78. The molecule has 0 bridgehead atoms. The van der Waals surface area contributed by atoms with Crippen molar-refractivity contribution in [2.75, 3.05) is 13.7 Å². The van der Waals surface area contributed by atoms with Gasteiger partial charge in [0.1, 0.15) is 5.75 Å². The first-order valence-electron chi connectivity index (χ1n) is 6.96. The summed E-state index contributed by atoms with van der Waals surface area (Å²) in [6.45, 7) is 2.54. The van der Waals surface area contributed by atoms with E-state index >= 15 is 0 Å². The van der Waals surface area contributed by atoms with Crippen molar-refractivity contribution in [3.63, 3.8) is 0 Å². The van der Waals surface area contributed by atoms with Crippen LogP contribution in [0.5, 0.6) is 5.75 Å². The smallest absolute Gasteiger partial charge is 0.255 e. The zero-order valence-corrected chi connectivity index (χ0v) is 13.4. The number of rotatable bonds is 5. The maximum Gasteiger partial charge on any atom is 0.255 e. The van der Waals surface area contributed by atoms with Crippen LogP contribution in [-0.2, 0) is 14.8 Å². The number of hydrogen-bond donors (Lipinski definition) is 2. The predicted molar refractivity (Wildman–Crippen MR) is 80.3 cm³/mol. The van der Waals surface area contributed by atoms with Crippen molar-refractivity contribution in [2.45, 2.75) is 36.8 Å². The number of hydrogen-bond acceptors (Lipinski definition) is 5. The lowest BCUT2D eigenvalue weighted by Gasteiger charge is -2.20. The third kappa shape index (κ3) is 3.76. The number of carbonyl (C=O) groups excluding carboxylic acids is 1. The third-order valence-electron chi connectivity index (χ3n) is 3.63. The van der Waals surface area contributed by atoms with E-state index in [1.165, 1.54) is 25.3 Å². The minimum atomic E-state index is -3.89. The van der Waals surface area contributed by atoms with Gasteiger partial charge in [0.15, 0.2) is 0 Å². The summed E-state index contributed by atoms with van der Waals surface area (Å²) in [6.07, 6.45) is 1.82. The Bertz CT molecular complexity index is 653. The number of amides is 1. The number of nitrogens with two attached hydrogens (primary N) is 1. The van der Waals surface area contributed by atoms with Crippen molar-refractivity contribution in [3.05, 3.63) is 23.8 Å². The van der Waals surface area contributed by atoms with Gasteiger partial charge in [-0.3, -0.25) is 4.79 Å². The van der Waals surface area contributed by atoms with Gasteiger partial charge in [-0.15, -0.1) is 0 Å². The molecule has 122 valence electrons. The number of nitrogens with one attached hydrogen (secondary N) is 1. The Labute approximate surface area is 129 Å². The van der Waals surface area contributed by atoms with Crippen molar-refractivity contribution >= 4 is 15.9 Å². The quantitative estimate of drug-likeness (QED) is 0.824. The zero-order valence-electron chi connectivity index (χ0n) is 12.5. The Balaban J connectivity index is 2.23. The molecule has 1 fully saturated rings. The monoisotopic (exact) mass is 328 g/mol. The highest BCUT2D eigenvalue weighted by atomic mass is 32.2. The molecule has 1 amide bonds. The molecule has 1 aromatic rings. The molecule has 8 heteroatoms. The molecular formula is C14H20N2O5S. The lowest BCUT2D eigenvalue weighted by Crippen LogP contribution is -2.41. The Kier molecular flexibility index (Phi) is 5.05. The van der Waals surface area contributed by atoms with Gasteiger partial charge < -0.3 is 14.8 Å². The molecule has 1 aliphatic heterocycles. The molecule has 22 heavy (non-hydrogen) atoms. The molecule has 1 heterocycles. The van der Waals surface area contributed by atoms with E-state index in [1.54, 1.807) is 0 Å². The number of ether oxygens (including phenoxy) is 2. The SMILES string of the molecule is COc1ccc(S(N)(=O)=O)cc1C(=O)N[C@@H](C)[C@H]1CCCO1. The summed E-state index contributed by atoms with van der Waals surface area (Å²) in [5.41, 5.74) is 0.124. The van der Waals surface area contributed by atoms with Gasteiger partial charge >= 0.3 is 0 Å². The molecule has 0 aliphatic carbocycles. The van der Waals surface area contributed by atoms with Gasteiger partial charge in [-0.05, 0) is 38.0 Å². The molecule has 1 aromatic carbocycles. The second kappa shape index (κ2) is 6.64. The van der Waals surface area contributed by atoms with Crippen LogP contribution in [0.4, 0.5) is 0 Å². The lowest BCUT2D eigenvalue weighted by atomic mass is 10.1. The minimum Gasteiger partial charge on any atom is -0.496 e. The molecule has 7 nitrogen and oxygen atoms in total. The predicted octanol–water partition coefficient (Wildman–Crippen LogP) is 0.640. The molecule has 3 N–H and O–H groups in total. The van der Waals surface area contributed by atoms with E-state index < -0.39 is 15.9 Å². The Morgan fingerprint density at radius 1 is 1.50 bits per heavy atom. The van der Waals surface area contributed by atoms with Gasteiger partial charge in [0.05, 0.1) is 29.7 Å². The van der Waals surface area contributed by atoms with Crippen molar-refractivity contribution in [2.24, 2.45) is 5.14 Å².